The van der Waals surface area contributed by atoms with Crippen LogP contribution in [0.3, 0.4) is 0 Å². The van der Waals surface area contributed by atoms with Crippen LogP contribution in [0.25, 0.3) is 11.5 Å². The smallest absolute Gasteiger partial charge is 0.414 e. The van der Waals surface area contributed by atoms with Crippen molar-refractivity contribution < 1.29 is 33.8 Å². The average Bonchev–Trinajstić information content (AvgIpc) is 3.39. The summed E-state index contributed by atoms with van der Waals surface area (Å²) in [5.74, 6) is -2.10. The molecule has 1 amide bonds. The van der Waals surface area contributed by atoms with Gasteiger partial charge in [0.25, 0.3) is 0 Å². The zero-order valence-corrected chi connectivity index (χ0v) is 18.6. The number of carboxylic acids is 2. The number of nitrogens with one attached hydrogen (secondary N) is 2. The molecule has 0 aromatic carbocycles. The Hall–Kier alpha value is -3.45. The maximum atomic E-state index is 10.9. The summed E-state index contributed by atoms with van der Waals surface area (Å²) >= 11 is 1.42. The Morgan fingerprint density at radius 1 is 1.25 bits per heavy atom. The van der Waals surface area contributed by atoms with E-state index in [2.05, 4.69) is 20.6 Å². The van der Waals surface area contributed by atoms with Crippen molar-refractivity contribution in [1.29, 1.82) is 0 Å². The third-order valence-corrected chi connectivity index (χ3v) is 4.29. The van der Waals surface area contributed by atoms with Crippen molar-refractivity contribution in [3.8, 4) is 11.5 Å². The number of nitrogens with zero attached hydrogens (tertiary/aromatic N) is 2. The van der Waals surface area contributed by atoms with Gasteiger partial charge in [0.05, 0.1) is 6.54 Å². The van der Waals surface area contributed by atoms with Gasteiger partial charge in [0.2, 0.25) is 5.91 Å². The van der Waals surface area contributed by atoms with Gasteiger partial charge >= 0.3 is 11.9 Å². The standard InChI is InChI=1S/C17H25N5O3S.C2H2O4/c1-3-24-9-5-4-8-19-16(18)22-17-21-14(11-26-17)15-7-6-13(25-15)10-20-12(2)23;3-1(4)2(5)6/h6-7,11H,3-5,8-10H2,1-2H3,(H,20,23)(H3,18,19,21,22);(H,3,4)(H,5,6). The van der Waals surface area contributed by atoms with Gasteiger partial charge in [-0.3, -0.25) is 9.79 Å². The maximum absolute atomic E-state index is 10.9. The number of carbonyl (C=O) groups is 3. The molecule has 0 bridgehead atoms. The molecule has 0 fully saturated rings. The van der Waals surface area contributed by atoms with Gasteiger partial charge in [0.15, 0.2) is 16.9 Å². The average molecular weight is 470 g/mol. The molecule has 32 heavy (non-hydrogen) atoms. The van der Waals surface area contributed by atoms with Crippen molar-refractivity contribution in [2.24, 2.45) is 10.7 Å². The number of guanidine groups is 1. The largest absolute Gasteiger partial charge is 0.473 e. The predicted octanol–water partition coefficient (Wildman–Crippen LogP) is 1.74. The minimum Gasteiger partial charge on any atom is -0.473 e. The Balaban J connectivity index is 0.000000751. The summed E-state index contributed by atoms with van der Waals surface area (Å²) in [6, 6.07) is 3.64. The fraction of sp³-hybridized carbons (Fsp3) is 0.421. The second kappa shape index (κ2) is 14.5. The number of aliphatic carboxylic acids is 2. The van der Waals surface area contributed by atoms with Crippen molar-refractivity contribution >= 4 is 40.3 Å². The summed E-state index contributed by atoms with van der Waals surface area (Å²) < 4.78 is 11.0. The number of aliphatic imine (C=N–C) groups is 1. The van der Waals surface area contributed by atoms with Crippen LogP contribution in [0, 0.1) is 0 Å². The van der Waals surface area contributed by atoms with Gasteiger partial charge in [-0.25, -0.2) is 14.6 Å². The van der Waals surface area contributed by atoms with Crippen molar-refractivity contribution in [3.63, 3.8) is 0 Å². The molecule has 6 N–H and O–H groups in total. The Labute approximate surface area is 188 Å². The lowest BCUT2D eigenvalue weighted by Gasteiger charge is -2.02. The van der Waals surface area contributed by atoms with E-state index >= 15 is 0 Å². The van der Waals surface area contributed by atoms with E-state index in [9.17, 15) is 4.79 Å². The zero-order valence-electron chi connectivity index (χ0n) is 17.8. The molecule has 0 aliphatic carbocycles. The van der Waals surface area contributed by atoms with Crippen molar-refractivity contribution in [2.45, 2.75) is 33.2 Å². The van der Waals surface area contributed by atoms with Crippen LogP contribution in [0.4, 0.5) is 5.13 Å². The molecule has 2 heterocycles. The van der Waals surface area contributed by atoms with E-state index in [0.717, 1.165) is 26.1 Å². The lowest BCUT2D eigenvalue weighted by Crippen LogP contribution is -2.22. The molecule has 12 nitrogen and oxygen atoms in total. The molecule has 2 aromatic rings. The van der Waals surface area contributed by atoms with E-state index in [0.29, 0.717) is 41.4 Å². The molecule has 0 radical (unpaired) electrons. The van der Waals surface area contributed by atoms with E-state index in [-0.39, 0.29) is 5.91 Å². The molecule has 0 spiro atoms. The number of aromatic nitrogens is 1. The van der Waals surface area contributed by atoms with Crippen LogP contribution in [0.5, 0.6) is 0 Å². The summed E-state index contributed by atoms with van der Waals surface area (Å²) in [6.45, 7) is 5.94. The lowest BCUT2D eigenvalue weighted by atomic mass is 10.3. The second-order valence-electron chi connectivity index (χ2n) is 6.12. The number of rotatable bonds is 10. The summed E-state index contributed by atoms with van der Waals surface area (Å²) in [4.78, 5) is 37.9. The molecule has 0 unspecified atom stereocenters. The van der Waals surface area contributed by atoms with Crippen LogP contribution in [0.1, 0.15) is 32.4 Å². The highest BCUT2D eigenvalue weighted by molar-refractivity contribution is 7.14. The molecule has 0 atom stereocenters. The third kappa shape index (κ3) is 11.1. The molecule has 2 rings (SSSR count). The third-order valence-electron chi connectivity index (χ3n) is 3.53. The van der Waals surface area contributed by atoms with Gasteiger partial charge < -0.3 is 35.7 Å². The summed E-state index contributed by atoms with van der Waals surface area (Å²) in [6.07, 6.45) is 1.89. The van der Waals surface area contributed by atoms with E-state index in [1.54, 1.807) is 0 Å². The number of nitrogens with two attached hydrogens (primary N) is 1. The molecule has 2 aromatic heterocycles. The number of hydrogen-bond donors (Lipinski definition) is 5. The van der Waals surface area contributed by atoms with Gasteiger partial charge in [-0.2, -0.15) is 0 Å². The monoisotopic (exact) mass is 469 g/mol. The van der Waals surface area contributed by atoms with Crippen LogP contribution >= 0.6 is 11.3 Å². The topological polar surface area (TPSA) is 189 Å². The Bertz CT molecular complexity index is 898. The van der Waals surface area contributed by atoms with Crippen molar-refractivity contribution in [1.82, 2.24) is 10.3 Å². The molecule has 0 aliphatic heterocycles. The summed E-state index contributed by atoms with van der Waals surface area (Å²) in [5.41, 5.74) is 6.58. The first-order valence-corrected chi connectivity index (χ1v) is 10.5. The summed E-state index contributed by atoms with van der Waals surface area (Å²) in [7, 11) is 0. The number of carboxylic acid groups (broad SMARTS) is 2. The fourth-order valence-corrected chi connectivity index (χ4v) is 2.78. The van der Waals surface area contributed by atoms with E-state index in [4.69, 9.17) is 34.7 Å². The first-order chi connectivity index (χ1) is 15.2. The number of unbranched alkanes of at least 4 members (excludes halogenated alkanes) is 1. The van der Waals surface area contributed by atoms with Crippen LogP contribution in [0.2, 0.25) is 0 Å². The number of furan rings is 1. The van der Waals surface area contributed by atoms with Crippen LogP contribution < -0.4 is 16.4 Å². The van der Waals surface area contributed by atoms with Crippen molar-refractivity contribution in [2.75, 3.05) is 25.1 Å². The molecule has 0 aliphatic rings. The Kier molecular flexibility index (Phi) is 12.1. The van der Waals surface area contributed by atoms with Crippen molar-refractivity contribution in [3.05, 3.63) is 23.3 Å². The van der Waals surface area contributed by atoms with Crippen LogP contribution in [-0.4, -0.2) is 58.8 Å². The molecular weight excluding hydrogens is 442 g/mol. The van der Waals surface area contributed by atoms with E-state index in [1.807, 2.05) is 24.4 Å². The quantitative estimate of drug-likeness (QED) is 0.148. The normalized spacial score (nSPS) is 10.8. The highest BCUT2D eigenvalue weighted by Gasteiger charge is 2.10. The molecule has 13 heteroatoms. The highest BCUT2D eigenvalue weighted by atomic mass is 32.1. The minimum atomic E-state index is -1.82. The van der Waals surface area contributed by atoms with E-state index < -0.39 is 11.9 Å². The van der Waals surface area contributed by atoms with Gasteiger partial charge in [-0.15, -0.1) is 11.3 Å². The fourth-order valence-electron chi connectivity index (χ4n) is 2.08. The first kappa shape index (κ1) is 26.6. The molecular formula is C19H27N5O7S. The maximum Gasteiger partial charge on any atom is 0.414 e. The minimum absolute atomic E-state index is 0.101. The first-order valence-electron chi connectivity index (χ1n) is 9.62. The Morgan fingerprint density at radius 3 is 2.59 bits per heavy atom. The van der Waals surface area contributed by atoms with Gasteiger partial charge in [-0.1, -0.05) is 0 Å². The SMILES string of the molecule is CCOCCCCN=C(N)Nc1nc(-c2ccc(CNC(C)=O)o2)cs1.O=C(O)C(=O)O. The molecule has 0 saturated heterocycles. The zero-order chi connectivity index (χ0) is 23.9. The number of hydrogen-bond acceptors (Lipinski definition) is 8. The highest BCUT2D eigenvalue weighted by Crippen LogP contribution is 2.26. The van der Waals surface area contributed by atoms with Gasteiger partial charge in [0.1, 0.15) is 11.5 Å². The van der Waals surface area contributed by atoms with Crippen LogP contribution in [-0.2, 0) is 25.7 Å². The molecule has 0 saturated carbocycles. The number of amides is 1. The number of ether oxygens (including phenoxy) is 1. The van der Waals surface area contributed by atoms with Gasteiger partial charge in [-0.05, 0) is 31.9 Å². The predicted molar refractivity (Wildman–Crippen MR) is 118 cm³/mol. The number of thiazole rings is 1. The molecule has 176 valence electrons. The summed E-state index contributed by atoms with van der Waals surface area (Å²) in [5, 5.41) is 23.0. The number of carbonyl (C=O) groups excluding carboxylic acids is 1. The van der Waals surface area contributed by atoms with E-state index in [1.165, 1.54) is 18.3 Å². The van der Waals surface area contributed by atoms with Gasteiger partial charge in [0, 0.05) is 32.1 Å². The second-order valence-corrected chi connectivity index (χ2v) is 6.98. The Morgan fingerprint density at radius 2 is 1.97 bits per heavy atom. The van der Waals surface area contributed by atoms with Crippen LogP contribution in [0.15, 0.2) is 26.9 Å². The lowest BCUT2D eigenvalue weighted by molar-refractivity contribution is -0.159. The number of anilines is 1.